The Morgan fingerprint density at radius 1 is 1.58 bits per heavy atom. The molecule has 0 aromatic rings. The molecule has 0 amide bonds. The van der Waals surface area contributed by atoms with E-state index >= 15 is 0 Å². The summed E-state index contributed by atoms with van der Waals surface area (Å²) in [6.45, 7) is 7.84. The number of carbonyl (C=O) groups is 1. The lowest BCUT2D eigenvalue weighted by Crippen LogP contribution is -2.09. The standard InChI is InChI=1S/C10H18O2/c1-4-5-9(6-8(2)3)7-10(11)12/h4,8-9H,1,5-7H2,2-3H3,(H,11,12). The highest BCUT2D eigenvalue weighted by Gasteiger charge is 2.12. The number of hydrogen-bond donors (Lipinski definition) is 1. The van der Waals surface area contributed by atoms with E-state index in [0.717, 1.165) is 12.8 Å². The van der Waals surface area contributed by atoms with Crippen molar-refractivity contribution in [1.82, 2.24) is 0 Å². The zero-order valence-corrected chi connectivity index (χ0v) is 7.92. The van der Waals surface area contributed by atoms with Crippen LogP contribution >= 0.6 is 0 Å². The van der Waals surface area contributed by atoms with E-state index in [0.29, 0.717) is 5.92 Å². The zero-order valence-electron chi connectivity index (χ0n) is 7.92. The van der Waals surface area contributed by atoms with Gasteiger partial charge in [-0.1, -0.05) is 19.9 Å². The summed E-state index contributed by atoms with van der Waals surface area (Å²) in [5.74, 6) is 0.122. The van der Waals surface area contributed by atoms with Gasteiger partial charge in [-0.05, 0) is 24.7 Å². The van der Waals surface area contributed by atoms with Crippen molar-refractivity contribution in [3.8, 4) is 0 Å². The summed E-state index contributed by atoms with van der Waals surface area (Å²) in [6.07, 6.45) is 3.85. The molecule has 0 aromatic heterocycles. The van der Waals surface area contributed by atoms with Crippen LogP contribution in [0, 0.1) is 11.8 Å². The van der Waals surface area contributed by atoms with Gasteiger partial charge < -0.3 is 5.11 Å². The second-order valence-corrected chi connectivity index (χ2v) is 3.62. The normalized spacial score (nSPS) is 12.9. The zero-order chi connectivity index (χ0) is 9.56. The Bertz CT molecular complexity index is 150. The first-order valence-electron chi connectivity index (χ1n) is 4.39. The molecule has 0 aromatic carbocycles. The Morgan fingerprint density at radius 2 is 2.17 bits per heavy atom. The molecule has 2 heteroatoms. The minimum absolute atomic E-state index is 0.264. The summed E-state index contributed by atoms with van der Waals surface area (Å²) in [4.78, 5) is 10.4. The largest absolute Gasteiger partial charge is 0.481 e. The third-order valence-electron chi connectivity index (χ3n) is 1.77. The van der Waals surface area contributed by atoms with E-state index in [4.69, 9.17) is 5.11 Å². The number of carboxylic acids is 1. The average molecular weight is 170 g/mol. The first-order chi connectivity index (χ1) is 5.56. The molecule has 0 aliphatic rings. The number of hydrogen-bond acceptors (Lipinski definition) is 1. The molecule has 12 heavy (non-hydrogen) atoms. The summed E-state index contributed by atoms with van der Waals surface area (Å²) in [5.41, 5.74) is 0. The van der Waals surface area contributed by atoms with Crippen molar-refractivity contribution in [1.29, 1.82) is 0 Å². The third kappa shape index (κ3) is 5.96. The van der Waals surface area contributed by atoms with Crippen LogP contribution in [-0.4, -0.2) is 11.1 Å². The van der Waals surface area contributed by atoms with Crippen molar-refractivity contribution in [2.45, 2.75) is 33.1 Å². The van der Waals surface area contributed by atoms with Crippen LogP contribution in [0.15, 0.2) is 12.7 Å². The Morgan fingerprint density at radius 3 is 2.50 bits per heavy atom. The van der Waals surface area contributed by atoms with E-state index in [1.807, 2.05) is 0 Å². The lowest BCUT2D eigenvalue weighted by Gasteiger charge is -2.14. The molecule has 1 atom stereocenters. The van der Waals surface area contributed by atoms with Crippen LogP contribution in [0.3, 0.4) is 0 Å². The van der Waals surface area contributed by atoms with E-state index in [9.17, 15) is 4.79 Å². The second-order valence-electron chi connectivity index (χ2n) is 3.62. The fourth-order valence-corrected chi connectivity index (χ4v) is 1.41. The van der Waals surface area contributed by atoms with Crippen molar-refractivity contribution in [2.75, 3.05) is 0 Å². The molecule has 0 rings (SSSR count). The molecular formula is C10H18O2. The van der Waals surface area contributed by atoms with Crippen LogP contribution in [0.4, 0.5) is 0 Å². The topological polar surface area (TPSA) is 37.3 Å². The molecule has 2 nitrogen and oxygen atoms in total. The van der Waals surface area contributed by atoms with Gasteiger partial charge in [0.05, 0.1) is 0 Å². The van der Waals surface area contributed by atoms with E-state index in [2.05, 4.69) is 20.4 Å². The first kappa shape index (κ1) is 11.2. The van der Waals surface area contributed by atoms with Gasteiger partial charge >= 0.3 is 5.97 Å². The van der Waals surface area contributed by atoms with Gasteiger partial charge in [0.15, 0.2) is 0 Å². The van der Waals surface area contributed by atoms with E-state index in [1.54, 1.807) is 6.08 Å². The quantitative estimate of drug-likeness (QED) is 0.622. The van der Waals surface area contributed by atoms with E-state index in [1.165, 1.54) is 0 Å². The molecule has 0 fully saturated rings. The van der Waals surface area contributed by atoms with Crippen molar-refractivity contribution in [2.24, 2.45) is 11.8 Å². The van der Waals surface area contributed by atoms with Crippen LogP contribution in [-0.2, 0) is 4.79 Å². The average Bonchev–Trinajstić information content (AvgIpc) is 1.84. The minimum Gasteiger partial charge on any atom is -0.481 e. The van der Waals surface area contributed by atoms with Crippen LogP contribution in [0.2, 0.25) is 0 Å². The van der Waals surface area contributed by atoms with Crippen LogP contribution in [0.5, 0.6) is 0 Å². The van der Waals surface area contributed by atoms with Gasteiger partial charge in [-0.3, -0.25) is 4.79 Å². The van der Waals surface area contributed by atoms with E-state index in [-0.39, 0.29) is 12.3 Å². The van der Waals surface area contributed by atoms with Crippen molar-refractivity contribution < 1.29 is 9.90 Å². The maximum atomic E-state index is 10.4. The minimum atomic E-state index is -0.706. The van der Waals surface area contributed by atoms with Gasteiger partial charge in [0.2, 0.25) is 0 Å². The van der Waals surface area contributed by atoms with Gasteiger partial charge in [0, 0.05) is 6.42 Å². The van der Waals surface area contributed by atoms with Gasteiger partial charge in [-0.15, -0.1) is 6.58 Å². The summed E-state index contributed by atoms with van der Waals surface area (Å²) in [6, 6.07) is 0. The second kappa shape index (κ2) is 5.81. The number of rotatable bonds is 6. The molecule has 0 aliphatic heterocycles. The number of allylic oxidation sites excluding steroid dienone is 1. The van der Waals surface area contributed by atoms with Crippen molar-refractivity contribution >= 4 is 5.97 Å². The Kier molecular flexibility index (Phi) is 5.43. The Labute approximate surface area is 74.3 Å². The molecule has 0 saturated carbocycles. The highest BCUT2D eigenvalue weighted by atomic mass is 16.4. The van der Waals surface area contributed by atoms with Crippen LogP contribution < -0.4 is 0 Å². The smallest absolute Gasteiger partial charge is 0.303 e. The molecule has 1 unspecified atom stereocenters. The Hall–Kier alpha value is -0.790. The summed E-state index contributed by atoms with van der Waals surface area (Å²) < 4.78 is 0. The highest BCUT2D eigenvalue weighted by Crippen LogP contribution is 2.19. The van der Waals surface area contributed by atoms with Gasteiger partial charge in [-0.2, -0.15) is 0 Å². The van der Waals surface area contributed by atoms with Crippen molar-refractivity contribution in [3.63, 3.8) is 0 Å². The highest BCUT2D eigenvalue weighted by molar-refractivity contribution is 5.67. The number of aliphatic carboxylic acids is 1. The fraction of sp³-hybridized carbons (Fsp3) is 0.700. The Balaban J connectivity index is 3.85. The molecule has 0 heterocycles. The lowest BCUT2D eigenvalue weighted by atomic mass is 9.91. The molecule has 70 valence electrons. The molecule has 0 spiro atoms. The monoisotopic (exact) mass is 170 g/mol. The molecule has 0 bridgehead atoms. The predicted octanol–water partition coefficient (Wildman–Crippen LogP) is 2.70. The van der Waals surface area contributed by atoms with Crippen molar-refractivity contribution in [3.05, 3.63) is 12.7 Å². The molecule has 1 N–H and O–H groups in total. The van der Waals surface area contributed by atoms with E-state index < -0.39 is 5.97 Å². The van der Waals surface area contributed by atoms with Crippen LogP contribution in [0.25, 0.3) is 0 Å². The predicted molar refractivity (Wildman–Crippen MR) is 50.0 cm³/mol. The van der Waals surface area contributed by atoms with Crippen LogP contribution in [0.1, 0.15) is 33.1 Å². The summed E-state index contributed by atoms with van der Waals surface area (Å²) in [7, 11) is 0. The molecular weight excluding hydrogens is 152 g/mol. The summed E-state index contributed by atoms with van der Waals surface area (Å²) in [5, 5.41) is 8.59. The lowest BCUT2D eigenvalue weighted by molar-refractivity contribution is -0.138. The third-order valence-corrected chi connectivity index (χ3v) is 1.77. The maximum absolute atomic E-state index is 10.4. The SMILES string of the molecule is C=CCC(CC(=O)O)CC(C)C. The maximum Gasteiger partial charge on any atom is 0.303 e. The van der Waals surface area contributed by atoms with Gasteiger partial charge in [-0.25, -0.2) is 0 Å². The molecule has 0 radical (unpaired) electrons. The van der Waals surface area contributed by atoms with Gasteiger partial charge in [0.1, 0.15) is 0 Å². The van der Waals surface area contributed by atoms with Gasteiger partial charge in [0.25, 0.3) is 0 Å². The summed E-state index contributed by atoms with van der Waals surface area (Å²) >= 11 is 0. The molecule has 0 saturated heterocycles. The fourth-order valence-electron chi connectivity index (χ4n) is 1.41. The first-order valence-corrected chi connectivity index (χ1v) is 4.39. The molecule has 0 aliphatic carbocycles. The number of carboxylic acid groups (broad SMARTS) is 1.